The highest BCUT2D eigenvalue weighted by Crippen LogP contribution is 2.31. The third-order valence-electron chi connectivity index (χ3n) is 8.13. The number of fused-ring (bicyclic) bond motifs is 1. The molecule has 2 aromatic carbocycles. The molecule has 2 aromatic heterocycles. The number of anilines is 2. The molecule has 1 aliphatic heterocycles. The van der Waals surface area contributed by atoms with Crippen molar-refractivity contribution in [2.75, 3.05) is 42.9 Å². The Hall–Kier alpha value is -3.49. The maximum atomic E-state index is 9.99. The summed E-state index contributed by atoms with van der Waals surface area (Å²) >= 11 is 0. The summed E-state index contributed by atoms with van der Waals surface area (Å²) in [5, 5.41) is 22.9. The second-order valence-corrected chi connectivity index (χ2v) is 10.9. The molecule has 0 bridgehead atoms. The van der Waals surface area contributed by atoms with Crippen molar-refractivity contribution in [3.8, 4) is 11.3 Å². The Morgan fingerprint density at radius 1 is 0.949 bits per heavy atom. The summed E-state index contributed by atoms with van der Waals surface area (Å²) in [5.41, 5.74) is 5.50. The smallest absolute Gasteiger partial charge is 0.224 e. The molecule has 3 heterocycles. The van der Waals surface area contributed by atoms with E-state index in [0.29, 0.717) is 11.9 Å². The first-order valence-electron chi connectivity index (χ1n) is 14.5. The zero-order valence-corrected chi connectivity index (χ0v) is 22.6. The quantitative estimate of drug-likeness (QED) is 0.277. The molecule has 8 heteroatoms. The Labute approximate surface area is 230 Å². The van der Waals surface area contributed by atoms with E-state index in [1.165, 1.54) is 11.3 Å². The average Bonchev–Trinajstić information content (AvgIpc) is 3.35. The minimum atomic E-state index is -0.158. The second kappa shape index (κ2) is 12.1. The molecule has 2 aliphatic rings. The first-order chi connectivity index (χ1) is 19.2. The lowest BCUT2D eigenvalue weighted by Crippen LogP contribution is -2.43. The highest BCUT2D eigenvalue weighted by atomic mass is 16.3. The molecule has 1 aliphatic carbocycles. The third kappa shape index (κ3) is 6.23. The second-order valence-electron chi connectivity index (χ2n) is 10.9. The van der Waals surface area contributed by atoms with Crippen LogP contribution >= 0.6 is 0 Å². The van der Waals surface area contributed by atoms with Gasteiger partial charge in [-0.2, -0.15) is 10.1 Å². The van der Waals surface area contributed by atoms with E-state index in [9.17, 15) is 5.11 Å². The Bertz CT molecular complexity index is 1340. The van der Waals surface area contributed by atoms with Gasteiger partial charge in [0, 0.05) is 56.7 Å². The van der Waals surface area contributed by atoms with Gasteiger partial charge in [0.1, 0.15) is 5.69 Å². The fourth-order valence-electron chi connectivity index (χ4n) is 5.85. The number of aliphatic hydroxyl groups excluding tert-OH is 1. The monoisotopic (exact) mass is 525 g/mol. The Morgan fingerprint density at radius 2 is 1.72 bits per heavy atom. The highest BCUT2D eigenvalue weighted by Gasteiger charge is 2.23. The molecule has 0 amide bonds. The molecule has 0 radical (unpaired) electrons. The standard InChI is InChI=1S/C31H39N7O/c39-27-14-8-24(9-15-27)22-38-30-28(21-34-31(35-30)33-16-4-7-23-5-2-1-3-6-23)29(36-38)25-10-12-26(13-11-25)37-19-17-32-18-20-37/h1-3,5-6,10-13,21,24,27,32,39H,4,7-9,14-20,22H2,(H,33,34,35). The lowest BCUT2D eigenvalue weighted by Gasteiger charge is -2.29. The molecule has 6 rings (SSSR count). The van der Waals surface area contributed by atoms with Crippen LogP contribution < -0.4 is 15.5 Å². The number of aliphatic hydroxyl groups is 1. The normalized spacial score (nSPS) is 19.9. The highest BCUT2D eigenvalue weighted by molar-refractivity contribution is 5.91. The zero-order chi connectivity index (χ0) is 26.4. The van der Waals surface area contributed by atoms with Gasteiger partial charge in [0.15, 0.2) is 5.65 Å². The van der Waals surface area contributed by atoms with Crippen LogP contribution in [0.3, 0.4) is 0 Å². The summed E-state index contributed by atoms with van der Waals surface area (Å²) in [7, 11) is 0. The predicted molar refractivity (Wildman–Crippen MR) is 157 cm³/mol. The summed E-state index contributed by atoms with van der Waals surface area (Å²) in [6.45, 7) is 5.73. The molecule has 0 atom stereocenters. The number of nitrogens with zero attached hydrogens (tertiary/aromatic N) is 5. The van der Waals surface area contributed by atoms with E-state index in [-0.39, 0.29) is 6.10 Å². The number of nitrogens with one attached hydrogen (secondary N) is 2. The molecule has 8 nitrogen and oxygen atoms in total. The number of benzene rings is 2. The maximum Gasteiger partial charge on any atom is 0.224 e. The first kappa shape index (κ1) is 25.8. The largest absolute Gasteiger partial charge is 0.393 e. The van der Waals surface area contributed by atoms with Crippen LogP contribution in [-0.4, -0.2) is 63.7 Å². The van der Waals surface area contributed by atoms with Crippen molar-refractivity contribution in [1.82, 2.24) is 25.1 Å². The van der Waals surface area contributed by atoms with Crippen LogP contribution in [0, 0.1) is 5.92 Å². The van der Waals surface area contributed by atoms with E-state index < -0.39 is 0 Å². The fourth-order valence-corrected chi connectivity index (χ4v) is 5.85. The molecule has 1 saturated carbocycles. The van der Waals surface area contributed by atoms with Crippen LogP contribution in [0.25, 0.3) is 22.3 Å². The Balaban J connectivity index is 1.22. The summed E-state index contributed by atoms with van der Waals surface area (Å²) in [5.74, 6) is 1.15. The van der Waals surface area contributed by atoms with Gasteiger partial charge < -0.3 is 20.6 Å². The van der Waals surface area contributed by atoms with Crippen molar-refractivity contribution in [1.29, 1.82) is 0 Å². The van der Waals surface area contributed by atoms with E-state index >= 15 is 0 Å². The first-order valence-corrected chi connectivity index (χ1v) is 14.5. The maximum absolute atomic E-state index is 9.99. The molecule has 3 N–H and O–H groups in total. The van der Waals surface area contributed by atoms with Crippen molar-refractivity contribution in [2.45, 2.75) is 51.2 Å². The van der Waals surface area contributed by atoms with Crippen LogP contribution in [0.1, 0.15) is 37.7 Å². The van der Waals surface area contributed by atoms with E-state index in [4.69, 9.17) is 10.1 Å². The SMILES string of the molecule is OC1CCC(Cn2nc(-c3ccc(N4CCNCC4)cc3)c3cnc(NCCCc4ccccc4)nc32)CC1. The number of piperazine rings is 1. The van der Waals surface area contributed by atoms with Crippen LogP contribution in [0.2, 0.25) is 0 Å². The van der Waals surface area contributed by atoms with Gasteiger partial charge >= 0.3 is 0 Å². The number of rotatable bonds is 9. The van der Waals surface area contributed by atoms with Crippen LogP contribution in [0.5, 0.6) is 0 Å². The van der Waals surface area contributed by atoms with Crippen molar-refractivity contribution >= 4 is 22.7 Å². The zero-order valence-electron chi connectivity index (χ0n) is 22.6. The van der Waals surface area contributed by atoms with Crippen LogP contribution in [0.4, 0.5) is 11.6 Å². The van der Waals surface area contributed by atoms with Gasteiger partial charge in [-0.3, -0.25) is 0 Å². The Kier molecular flexibility index (Phi) is 8.02. The summed E-state index contributed by atoms with van der Waals surface area (Å²) in [6.07, 6.45) is 7.58. The van der Waals surface area contributed by atoms with Gasteiger partial charge in [0.05, 0.1) is 11.5 Å². The third-order valence-corrected chi connectivity index (χ3v) is 8.13. The predicted octanol–water partition coefficient (Wildman–Crippen LogP) is 4.50. The van der Waals surface area contributed by atoms with Gasteiger partial charge in [-0.1, -0.05) is 42.5 Å². The molecule has 2 fully saturated rings. The van der Waals surface area contributed by atoms with E-state index in [0.717, 1.165) is 100 Å². The van der Waals surface area contributed by atoms with Gasteiger partial charge in [0.2, 0.25) is 5.95 Å². The topological polar surface area (TPSA) is 91.1 Å². The van der Waals surface area contributed by atoms with Gasteiger partial charge in [-0.25, -0.2) is 9.67 Å². The summed E-state index contributed by atoms with van der Waals surface area (Å²) in [4.78, 5) is 12.0. The molecule has 204 valence electrons. The minimum absolute atomic E-state index is 0.158. The van der Waals surface area contributed by atoms with Crippen LogP contribution in [0.15, 0.2) is 60.8 Å². The Morgan fingerprint density at radius 3 is 2.49 bits per heavy atom. The molecule has 4 aromatic rings. The van der Waals surface area contributed by atoms with Crippen LogP contribution in [-0.2, 0) is 13.0 Å². The van der Waals surface area contributed by atoms with E-state index in [1.54, 1.807) is 0 Å². The average molecular weight is 526 g/mol. The number of hydrogen-bond acceptors (Lipinski definition) is 7. The molecule has 0 unspecified atom stereocenters. The molecule has 1 saturated heterocycles. The minimum Gasteiger partial charge on any atom is -0.393 e. The molecular formula is C31H39N7O. The lowest BCUT2D eigenvalue weighted by atomic mass is 9.87. The number of hydrogen-bond donors (Lipinski definition) is 3. The van der Waals surface area contributed by atoms with Gasteiger partial charge in [-0.15, -0.1) is 0 Å². The van der Waals surface area contributed by atoms with Crippen molar-refractivity contribution in [3.05, 3.63) is 66.4 Å². The lowest BCUT2D eigenvalue weighted by molar-refractivity contribution is 0.103. The molecule has 39 heavy (non-hydrogen) atoms. The van der Waals surface area contributed by atoms with Gasteiger partial charge in [0.25, 0.3) is 0 Å². The van der Waals surface area contributed by atoms with Crippen molar-refractivity contribution in [3.63, 3.8) is 0 Å². The van der Waals surface area contributed by atoms with Crippen molar-refractivity contribution in [2.24, 2.45) is 5.92 Å². The van der Waals surface area contributed by atoms with E-state index in [1.807, 2.05) is 6.20 Å². The van der Waals surface area contributed by atoms with E-state index in [2.05, 4.69) is 79.8 Å². The summed E-state index contributed by atoms with van der Waals surface area (Å²) < 4.78 is 2.08. The number of aryl methyl sites for hydroxylation is 1. The molecule has 0 spiro atoms. The molecular weight excluding hydrogens is 486 g/mol. The fraction of sp³-hybridized carbons (Fsp3) is 0.452. The summed E-state index contributed by atoms with van der Waals surface area (Å²) in [6, 6.07) is 19.3. The van der Waals surface area contributed by atoms with Crippen molar-refractivity contribution < 1.29 is 5.11 Å². The van der Waals surface area contributed by atoms with Gasteiger partial charge in [-0.05, 0) is 62.1 Å². The number of aromatic nitrogens is 4.